The first-order valence-electron chi connectivity index (χ1n) is 8.62. The number of hydrogen-bond acceptors (Lipinski definition) is 2. The second-order valence-corrected chi connectivity index (χ2v) is 9.12. The van der Waals surface area contributed by atoms with E-state index < -0.39 is 0 Å². The number of aromatic hydroxyl groups is 1. The first kappa shape index (κ1) is 15.3. The van der Waals surface area contributed by atoms with Crippen molar-refractivity contribution in [2.75, 3.05) is 0 Å². The third kappa shape index (κ3) is 1.94. The Labute approximate surface area is 146 Å². The van der Waals surface area contributed by atoms with Crippen LogP contribution >= 0.6 is 22.6 Å². The Balaban J connectivity index is 1.76. The first-order valence-corrected chi connectivity index (χ1v) is 9.70. The molecular weight excluding hydrogens is 387 g/mol. The third-order valence-corrected chi connectivity index (χ3v) is 8.00. The minimum absolute atomic E-state index is 0.0958. The second-order valence-electron chi connectivity index (χ2n) is 7.95. The van der Waals surface area contributed by atoms with Crippen molar-refractivity contribution in [2.45, 2.75) is 64.4 Å². The van der Waals surface area contributed by atoms with Gasteiger partial charge in [0.15, 0.2) is 0 Å². The number of halogens is 1. The number of fused-ring (bicyclic) bond motifs is 5. The van der Waals surface area contributed by atoms with Gasteiger partial charge in [0.1, 0.15) is 5.75 Å². The average Bonchev–Trinajstić information content (AvgIpc) is 2.80. The quantitative estimate of drug-likeness (QED) is 0.616. The van der Waals surface area contributed by atoms with Crippen LogP contribution in [0.15, 0.2) is 6.07 Å². The third-order valence-electron chi connectivity index (χ3n) is 7.18. The lowest BCUT2D eigenvalue weighted by atomic mass is 9.55. The zero-order valence-electron chi connectivity index (χ0n) is 13.4. The summed E-state index contributed by atoms with van der Waals surface area (Å²) in [5.74, 6) is 2.53. The minimum Gasteiger partial charge on any atom is -0.507 e. The molecular formula is C19H25IO2. The average molecular weight is 412 g/mol. The molecule has 0 heterocycles. The largest absolute Gasteiger partial charge is 0.507 e. The van der Waals surface area contributed by atoms with E-state index in [2.05, 4.69) is 42.5 Å². The molecule has 3 aliphatic rings. The van der Waals surface area contributed by atoms with Gasteiger partial charge in [0.2, 0.25) is 0 Å². The lowest BCUT2D eigenvalue weighted by molar-refractivity contribution is -0.0226. The molecule has 4 rings (SSSR count). The van der Waals surface area contributed by atoms with Crippen LogP contribution in [0.4, 0.5) is 0 Å². The highest BCUT2D eigenvalue weighted by Gasteiger charge is 2.54. The van der Waals surface area contributed by atoms with Gasteiger partial charge in [-0.05, 0) is 114 Å². The highest BCUT2D eigenvalue weighted by molar-refractivity contribution is 14.1. The molecule has 2 unspecified atom stereocenters. The summed E-state index contributed by atoms with van der Waals surface area (Å²) in [6.45, 7) is 4.40. The number of rotatable bonds is 0. The zero-order chi connectivity index (χ0) is 15.6. The van der Waals surface area contributed by atoms with Crippen molar-refractivity contribution in [3.63, 3.8) is 0 Å². The summed E-state index contributed by atoms with van der Waals surface area (Å²) in [6.07, 6.45) is 6.76. The van der Waals surface area contributed by atoms with Crippen LogP contribution in [0.5, 0.6) is 5.75 Å². The molecule has 2 saturated carbocycles. The molecule has 2 fully saturated rings. The van der Waals surface area contributed by atoms with Gasteiger partial charge in [0.05, 0.1) is 9.67 Å². The van der Waals surface area contributed by atoms with Crippen LogP contribution in [0, 0.1) is 27.7 Å². The van der Waals surface area contributed by atoms with E-state index in [9.17, 15) is 10.2 Å². The number of aliphatic hydroxyl groups excluding tert-OH is 1. The maximum atomic E-state index is 10.5. The van der Waals surface area contributed by atoms with E-state index in [4.69, 9.17) is 0 Å². The highest BCUT2D eigenvalue weighted by atomic mass is 127. The molecule has 0 radical (unpaired) electrons. The van der Waals surface area contributed by atoms with E-state index in [1.165, 1.54) is 30.4 Å². The van der Waals surface area contributed by atoms with Crippen LogP contribution in [-0.2, 0) is 6.42 Å². The van der Waals surface area contributed by atoms with Crippen LogP contribution < -0.4 is 0 Å². The van der Waals surface area contributed by atoms with E-state index in [0.29, 0.717) is 17.6 Å². The lowest BCUT2D eigenvalue weighted by Gasteiger charge is -2.50. The van der Waals surface area contributed by atoms with E-state index >= 15 is 0 Å². The highest BCUT2D eigenvalue weighted by Crippen LogP contribution is 2.61. The fourth-order valence-corrected chi connectivity index (χ4v) is 6.59. The molecule has 1 aromatic rings. The Morgan fingerprint density at radius 3 is 2.77 bits per heavy atom. The molecule has 2 N–H and O–H groups in total. The van der Waals surface area contributed by atoms with Gasteiger partial charge in [-0.2, -0.15) is 0 Å². The van der Waals surface area contributed by atoms with Crippen LogP contribution in [0.1, 0.15) is 61.6 Å². The van der Waals surface area contributed by atoms with Gasteiger partial charge in [-0.25, -0.2) is 0 Å². The molecule has 2 nitrogen and oxygen atoms in total. The predicted molar refractivity (Wildman–Crippen MR) is 96.2 cm³/mol. The van der Waals surface area contributed by atoms with Gasteiger partial charge >= 0.3 is 0 Å². The van der Waals surface area contributed by atoms with Gasteiger partial charge in [0.25, 0.3) is 0 Å². The molecule has 0 amide bonds. The number of phenolic OH excluding ortho intramolecular Hbond substituents is 1. The van der Waals surface area contributed by atoms with Gasteiger partial charge < -0.3 is 10.2 Å². The minimum atomic E-state index is -0.0958. The molecule has 0 spiro atoms. The van der Waals surface area contributed by atoms with Gasteiger partial charge in [-0.3, -0.25) is 0 Å². The smallest absolute Gasteiger partial charge is 0.132 e. The van der Waals surface area contributed by atoms with Crippen LogP contribution in [-0.4, -0.2) is 16.3 Å². The molecule has 1 aromatic carbocycles. The van der Waals surface area contributed by atoms with E-state index in [1.54, 1.807) is 0 Å². The Hall–Kier alpha value is -0.290. The summed E-state index contributed by atoms with van der Waals surface area (Å²) < 4.78 is 0.995. The topological polar surface area (TPSA) is 40.5 Å². The Morgan fingerprint density at radius 1 is 1.23 bits per heavy atom. The van der Waals surface area contributed by atoms with Crippen molar-refractivity contribution in [1.82, 2.24) is 0 Å². The summed E-state index contributed by atoms with van der Waals surface area (Å²) in [4.78, 5) is 0. The lowest BCUT2D eigenvalue weighted by Crippen LogP contribution is -2.44. The number of hydrogen-bond donors (Lipinski definition) is 2. The summed E-state index contributed by atoms with van der Waals surface area (Å²) >= 11 is 2.27. The Kier molecular flexibility index (Phi) is 3.54. The van der Waals surface area contributed by atoms with Gasteiger partial charge in [0, 0.05) is 0 Å². The van der Waals surface area contributed by atoms with Crippen molar-refractivity contribution in [3.8, 4) is 5.75 Å². The second kappa shape index (κ2) is 5.10. The number of aliphatic hydroxyl groups is 1. The van der Waals surface area contributed by atoms with Crippen molar-refractivity contribution in [1.29, 1.82) is 0 Å². The molecule has 0 aromatic heterocycles. The normalized spacial score (nSPS) is 40.0. The van der Waals surface area contributed by atoms with Crippen molar-refractivity contribution in [3.05, 3.63) is 26.3 Å². The monoisotopic (exact) mass is 412 g/mol. The number of phenols is 1. The molecule has 0 saturated heterocycles. The molecule has 3 heteroatoms. The molecule has 5 atom stereocenters. The Bertz CT molecular complexity index is 626. The first-order chi connectivity index (χ1) is 10.4. The summed E-state index contributed by atoms with van der Waals surface area (Å²) in [7, 11) is 0. The maximum Gasteiger partial charge on any atom is 0.132 e. The van der Waals surface area contributed by atoms with Crippen LogP contribution in [0.25, 0.3) is 0 Å². The van der Waals surface area contributed by atoms with Gasteiger partial charge in [-0.15, -0.1) is 0 Å². The van der Waals surface area contributed by atoms with E-state index in [-0.39, 0.29) is 11.5 Å². The summed E-state index contributed by atoms with van der Waals surface area (Å²) in [6, 6.07) is 2.24. The van der Waals surface area contributed by atoms with Crippen molar-refractivity contribution < 1.29 is 10.2 Å². The van der Waals surface area contributed by atoms with Crippen LogP contribution in [0.2, 0.25) is 0 Å². The molecule has 3 aliphatic carbocycles. The predicted octanol–water partition coefficient (Wildman–Crippen LogP) is 4.52. The van der Waals surface area contributed by atoms with Gasteiger partial charge in [-0.1, -0.05) is 6.92 Å². The van der Waals surface area contributed by atoms with Crippen LogP contribution in [0.3, 0.4) is 0 Å². The van der Waals surface area contributed by atoms with Crippen molar-refractivity contribution in [2.24, 2.45) is 17.3 Å². The SMILES string of the molecule is Cc1c(O)c(I)cc2c1CCC1[C@@H]2CC[C@@]2(C)C(O)CC[C@@H]12. The van der Waals surface area contributed by atoms with Crippen molar-refractivity contribution >= 4 is 22.6 Å². The summed E-state index contributed by atoms with van der Waals surface area (Å²) in [5.41, 5.74) is 4.15. The zero-order valence-corrected chi connectivity index (χ0v) is 15.6. The summed E-state index contributed by atoms with van der Waals surface area (Å²) in [5, 5.41) is 20.7. The fourth-order valence-electron chi connectivity index (χ4n) is 5.85. The maximum absolute atomic E-state index is 10.5. The molecule has 120 valence electrons. The van der Waals surface area contributed by atoms with E-state index in [0.717, 1.165) is 34.3 Å². The fraction of sp³-hybridized carbons (Fsp3) is 0.684. The standard InChI is InChI=1S/C19H25IO2/c1-10-11-3-4-13-12(14(11)9-16(20)18(10)22)7-8-19(2)15(13)5-6-17(19)21/h9,12-13,15,17,21-22H,3-8H2,1-2H3/t12-,13?,15-,17?,19+/m0/s1. The molecule has 0 aliphatic heterocycles. The molecule has 0 bridgehead atoms. The Morgan fingerprint density at radius 2 is 2.00 bits per heavy atom. The van der Waals surface area contributed by atoms with E-state index in [1.807, 2.05) is 0 Å². The molecule has 22 heavy (non-hydrogen) atoms. The number of benzene rings is 1.